The largest absolute Gasteiger partial charge is 0.465 e. The summed E-state index contributed by atoms with van der Waals surface area (Å²) in [5, 5.41) is 15.0. The number of nitrogens with zero attached hydrogens (tertiary/aromatic N) is 1. The summed E-state index contributed by atoms with van der Waals surface area (Å²) in [7, 11) is 0. The van der Waals surface area contributed by atoms with E-state index in [0.29, 0.717) is 6.54 Å². The van der Waals surface area contributed by atoms with Crippen LogP contribution >= 0.6 is 0 Å². The molecule has 2 amide bonds. The Morgan fingerprint density at radius 3 is 1.98 bits per heavy atom. The maximum absolute atomic E-state index is 12.3. The Morgan fingerprint density at radius 2 is 1.33 bits per heavy atom. The molecule has 54 heavy (non-hydrogen) atoms. The minimum atomic E-state index is -0.628. The van der Waals surface area contributed by atoms with Crippen molar-refractivity contribution >= 4 is 12.0 Å². The smallest absolute Gasteiger partial charge is 0.325 e. The number of aliphatic hydroxyl groups is 1. The van der Waals surface area contributed by atoms with E-state index in [1.54, 1.807) is 6.92 Å². The molecular weight excluding hydrogens is 679 g/mol. The Labute approximate surface area is 317 Å². The highest BCUT2D eigenvalue weighted by Crippen LogP contribution is 2.42. The van der Waals surface area contributed by atoms with E-state index in [2.05, 4.69) is 83.1 Å². The fourth-order valence-corrected chi connectivity index (χ4v) is 6.79. The van der Waals surface area contributed by atoms with E-state index in [1.807, 2.05) is 72.8 Å². The van der Waals surface area contributed by atoms with Gasteiger partial charge < -0.3 is 30.0 Å². The van der Waals surface area contributed by atoms with Crippen molar-refractivity contribution in [1.82, 2.24) is 15.5 Å². The Morgan fingerprint density at radius 1 is 0.704 bits per heavy atom. The van der Waals surface area contributed by atoms with Gasteiger partial charge >= 0.3 is 12.0 Å². The molecular formula is C45H49N3O6. The van der Waals surface area contributed by atoms with E-state index >= 15 is 0 Å². The molecule has 280 valence electrons. The fourth-order valence-electron chi connectivity index (χ4n) is 6.79. The zero-order valence-electron chi connectivity index (χ0n) is 30.9. The molecule has 3 N–H and O–H groups in total. The SMILES string of the molecule is CCOC(=O)CNC(=O)NCc1cccc(-c2cccc([C@H]3O[C@@H](CN(Cc4ccccc4)Cc4ccccc4)[C@@H](C)[C@@H](c4ccc(CO)cc4)O3)c2)c1. The summed E-state index contributed by atoms with van der Waals surface area (Å²) in [5.74, 6) is -0.457. The first-order chi connectivity index (χ1) is 26.4. The molecule has 6 rings (SSSR count). The molecule has 0 spiro atoms. The van der Waals surface area contributed by atoms with Crippen molar-refractivity contribution in [2.45, 2.75) is 58.6 Å². The minimum absolute atomic E-state index is 0.0175. The number of rotatable bonds is 15. The van der Waals surface area contributed by atoms with Crippen LogP contribution in [0.1, 0.15) is 59.6 Å². The Kier molecular flexibility index (Phi) is 13.6. The predicted molar refractivity (Wildman–Crippen MR) is 209 cm³/mol. The van der Waals surface area contributed by atoms with Crippen LogP contribution in [0.2, 0.25) is 0 Å². The molecule has 0 aliphatic carbocycles. The molecule has 1 fully saturated rings. The highest BCUT2D eigenvalue weighted by Gasteiger charge is 2.39. The summed E-state index contributed by atoms with van der Waals surface area (Å²) in [6, 6.07) is 44.8. The molecule has 1 saturated heterocycles. The monoisotopic (exact) mass is 727 g/mol. The molecule has 5 aromatic carbocycles. The number of nitrogens with one attached hydrogen (secondary N) is 2. The average molecular weight is 728 g/mol. The van der Waals surface area contributed by atoms with Crippen LogP contribution in [0.3, 0.4) is 0 Å². The van der Waals surface area contributed by atoms with E-state index < -0.39 is 18.3 Å². The Balaban J connectivity index is 1.23. The standard InChI is InChI=1S/C45H49N3O6/c1-3-52-42(50)27-47-45(51)46-26-36-16-10-17-38(24-36)39-18-11-19-40(25-39)44-53-41(32(2)43(54-44)37-22-20-35(31-49)21-23-37)30-48(28-33-12-6-4-7-13-33)29-34-14-8-5-9-15-34/h4-25,32,41,43-44,49H,3,26-31H2,1-2H3,(H2,46,47,51)/t32-,41+,43+,44+/m1/s1. The summed E-state index contributed by atoms with van der Waals surface area (Å²) in [5.41, 5.74) is 8.15. The second-order valence-corrected chi connectivity index (χ2v) is 13.6. The molecule has 0 bridgehead atoms. The molecule has 0 radical (unpaired) electrons. The van der Waals surface area contributed by atoms with Crippen LogP contribution in [-0.2, 0) is 45.2 Å². The molecule has 1 aliphatic heterocycles. The lowest BCUT2D eigenvalue weighted by Gasteiger charge is -2.43. The second kappa shape index (κ2) is 19.1. The van der Waals surface area contributed by atoms with Gasteiger partial charge in [0.1, 0.15) is 6.54 Å². The molecule has 0 aromatic heterocycles. The Bertz CT molecular complexity index is 1900. The normalized spacial score (nSPS) is 18.2. The van der Waals surface area contributed by atoms with Crippen molar-refractivity contribution in [3.8, 4) is 11.1 Å². The summed E-state index contributed by atoms with van der Waals surface area (Å²) >= 11 is 0. The van der Waals surface area contributed by atoms with Crippen molar-refractivity contribution in [1.29, 1.82) is 0 Å². The van der Waals surface area contributed by atoms with Gasteiger partial charge in [0.05, 0.1) is 25.4 Å². The van der Waals surface area contributed by atoms with Crippen LogP contribution in [-0.4, -0.2) is 47.8 Å². The number of benzene rings is 5. The van der Waals surface area contributed by atoms with Crippen LogP contribution in [0.25, 0.3) is 11.1 Å². The number of esters is 1. The van der Waals surface area contributed by atoms with Gasteiger partial charge in [0.2, 0.25) is 0 Å². The highest BCUT2D eigenvalue weighted by atomic mass is 16.7. The summed E-state index contributed by atoms with van der Waals surface area (Å²) < 4.78 is 18.6. The van der Waals surface area contributed by atoms with Crippen LogP contribution < -0.4 is 10.6 Å². The number of ether oxygens (including phenoxy) is 3. The van der Waals surface area contributed by atoms with Crippen molar-refractivity contribution in [3.63, 3.8) is 0 Å². The van der Waals surface area contributed by atoms with E-state index in [-0.39, 0.29) is 44.4 Å². The molecule has 9 nitrogen and oxygen atoms in total. The molecule has 1 heterocycles. The Hall–Kier alpha value is -5.32. The number of hydrogen-bond donors (Lipinski definition) is 3. The zero-order valence-corrected chi connectivity index (χ0v) is 30.9. The summed E-state index contributed by atoms with van der Waals surface area (Å²) in [6.07, 6.45) is -1.03. The van der Waals surface area contributed by atoms with Crippen molar-refractivity contribution < 1.29 is 28.9 Å². The number of aliphatic hydroxyl groups excluding tert-OH is 1. The lowest BCUT2D eigenvalue weighted by molar-refractivity contribution is -0.276. The van der Waals surface area contributed by atoms with Crippen molar-refractivity contribution in [2.75, 3.05) is 19.7 Å². The van der Waals surface area contributed by atoms with Crippen LogP contribution in [0, 0.1) is 5.92 Å². The molecule has 0 unspecified atom stereocenters. The van der Waals surface area contributed by atoms with Gasteiger partial charge in [0, 0.05) is 37.7 Å². The van der Waals surface area contributed by atoms with Gasteiger partial charge in [-0.2, -0.15) is 0 Å². The molecule has 1 aliphatic rings. The third kappa shape index (κ3) is 10.6. The first-order valence-corrected chi connectivity index (χ1v) is 18.6. The number of urea groups is 1. The highest BCUT2D eigenvalue weighted by molar-refractivity contribution is 5.80. The fraction of sp³-hybridized carbons (Fsp3) is 0.289. The van der Waals surface area contributed by atoms with Gasteiger partial charge in [-0.05, 0) is 58.0 Å². The quantitative estimate of drug-likeness (QED) is 0.0949. The summed E-state index contributed by atoms with van der Waals surface area (Å²) in [4.78, 5) is 26.3. The van der Waals surface area contributed by atoms with E-state index in [0.717, 1.165) is 46.5 Å². The predicted octanol–water partition coefficient (Wildman–Crippen LogP) is 7.70. The van der Waals surface area contributed by atoms with Crippen molar-refractivity contribution in [3.05, 3.63) is 167 Å². The van der Waals surface area contributed by atoms with E-state index in [4.69, 9.17) is 14.2 Å². The maximum atomic E-state index is 12.3. The number of amides is 2. The maximum Gasteiger partial charge on any atom is 0.325 e. The molecule has 9 heteroatoms. The first-order valence-electron chi connectivity index (χ1n) is 18.6. The van der Waals surface area contributed by atoms with Gasteiger partial charge in [-0.3, -0.25) is 9.69 Å². The van der Waals surface area contributed by atoms with Gasteiger partial charge in [-0.15, -0.1) is 0 Å². The zero-order chi connectivity index (χ0) is 37.7. The topological polar surface area (TPSA) is 109 Å². The lowest BCUT2D eigenvalue weighted by Crippen LogP contribution is -2.44. The number of carbonyl (C=O) groups is 2. The number of carbonyl (C=O) groups excluding carboxylic acids is 2. The van der Waals surface area contributed by atoms with Gasteiger partial charge in [0.15, 0.2) is 6.29 Å². The average Bonchev–Trinajstić information content (AvgIpc) is 3.21. The van der Waals surface area contributed by atoms with E-state index in [1.165, 1.54) is 11.1 Å². The first kappa shape index (κ1) is 38.4. The summed E-state index contributed by atoms with van der Waals surface area (Å²) in [6.45, 7) is 6.50. The third-order valence-corrected chi connectivity index (χ3v) is 9.63. The van der Waals surface area contributed by atoms with Gasteiger partial charge in [-0.1, -0.05) is 128 Å². The molecule has 5 aromatic rings. The third-order valence-electron chi connectivity index (χ3n) is 9.63. The van der Waals surface area contributed by atoms with E-state index in [9.17, 15) is 14.7 Å². The van der Waals surface area contributed by atoms with Gasteiger partial charge in [0.25, 0.3) is 0 Å². The van der Waals surface area contributed by atoms with Crippen LogP contribution in [0.4, 0.5) is 4.79 Å². The number of hydrogen-bond acceptors (Lipinski definition) is 7. The van der Waals surface area contributed by atoms with Gasteiger partial charge in [-0.25, -0.2) is 4.79 Å². The minimum Gasteiger partial charge on any atom is -0.465 e. The lowest BCUT2D eigenvalue weighted by atomic mass is 9.89. The second-order valence-electron chi connectivity index (χ2n) is 13.6. The molecule has 0 saturated carbocycles. The van der Waals surface area contributed by atoms with Crippen LogP contribution in [0.5, 0.6) is 0 Å². The van der Waals surface area contributed by atoms with Crippen molar-refractivity contribution in [2.24, 2.45) is 5.92 Å². The molecule has 4 atom stereocenters. The van der Waals surface area contributed by atoms with Crippen LogP contribution in [0.15, 0.2) is 133 Å².